The molecule has 0 fully saturated rings. The van der Waals surface area contributed by atoms with Gasteiger partial charge in [0.2, 0.25) is 0 Å². The molecule has 0 atom stereocenters. The van der Waals surface area contributed by atoms with Crippen molar-refractivity contribution in [2.24, 2.45) is 0 Å². The summed E-state index contributed by atoms with van der Waals surface area (Å²) in [6.07, 6.45) is 0. The van der Waals surface area contributed by atoms with E-state index >= 15 is 0 Å². The number of benzene rings is 3. The zero-order chi connectivity index (χ0) is 26.3. The molecule has 6 nitrogen and oxygen atoms in total. The van der Waals surface area contributed by atoms with Gasteiger partial charge in [0.1, 0.15) is 23.0 Å². The molecule has 0 radical (unpaired) electrons. The average molecular weight is 481 g/mol. The van der Waals surface area contributed by atoms with E-state index in [4.69, 9.17) is 9.47 Å². The van der Waals surface area contributed by atoms with Crippen molar-refractivity contribution in [1.82, 2.24) is 0 Å². The Bertz CT molecular complexity index is 1160. The predicted octanol–water partition coefficient (Wildman–Crippen LogP) is 6.30. The third kappa shape index (κ3) is 5.11. The number of rotatable bonds is 5. The summed E-state index contributed by atoms with van der Waals surface area (Å²) in [5.74, 6) is 0.163. The van der Waals surface area contributed by atoms with Gasteiger partial charge in [-0.15, -0.1) is 0 Å². The molecule has 3 rings (SSSR count). The van der Waals surface area contributed by atoms with Crippen molar-refractivity contribution in [2.45, 2.75) is 58.3 Å². The number of methoxy groups -OCH3 is 2. The molecule has 0 amide bonds. The third-order valence-electron chi connectivity index (χ3n) is 6.27. The summed E-state index contributed by atoms with van der Waals surface area (Å²) >= 11 is 0. The second-order valence-electron chi connectivity index (χ2n) is 10.9. The topological polar surface area (TPSA) is 99.4 Å². The maximum Gasteiger partial charge on any atom is 0.157 e. The van der Waals surface area contributed by atoms with Crippen LogP contribution in [0.4, 0.5) is 0 Å². The number of phenolic OH excluding ortho intramolecular Hbond substituents is 4. The van der Waals surface area contributed by atoms with Gasteiger partial charge >= 0.3 is 0 Å². The van der Waals surface area contributed by atoms with Crippen LogP contribution in [-0.2, 0) is 10.8 Å². The lowest BCUT2D eigenvalue weighted by atomic mass is 9.77. The first-order chi connectivity index (χ1) is 16.2. The molecular formula is C29H36O6. The van der Waals surface area contributed by atoms with Crippen LogP contribution in [0.1, 0.15) is 75.3 Å². The molecule has 0 heterocycles. The maximum absolute atomic E-state index is 10.8. The van der Waals surface area contributed by atoms with Crippen molar-refractivity contribution in [3.05, 3.63) is 70.3 Å². The maximum atomic E-state index is 10.8. The van der Waals surface area contributed by atoms with Crippen LogP contribution in [0.15, 0.2) is 42.5 Å². The smallest absolute Gasteiger partial charge is 0.157 e. The second-order valence-corrected chi connectivity index (χ2v) is 10.9. The fourth-order valence-corrected chi connectivity index (χ4v) is 4.42. The Morgan fingerprint density at radius 3 is 1.34 bits per heavy atom. The van der Waals surface area contributed by atoms with Gasteiger partial charge in [0.05, 0.1) is 14.2 Å². The third-order valence-corrected chi connectivity index (χ3v) is 6.27. The number of hydrogen-bond acceptors (Lipinski definition) is 6. The van der Waals surface area contributed by atoms with Crippen molar-refractivity contribution in [1.29, 1.82) is 0 Å². The van der Waals surface area contributed by atoms with Crippen molar-refractivity contribution in [3.8, 4) is 34.5 Å². The van der Waals surface area contributed by atoms with E-state index in [0.29, 0.717) is 17.1 Å². The van der Waals surface area contributed by atoms with Gasteiger partial charge in [-0.2, -0.15) is 0 Å². The Balaban J connectivity index is 2.47. The van der Waals surface area contributed by atoms with Gasteiger partial charge < -0.3 is 29.9 Å². The molecule has 4 N–H and O–H groups in total. The molecule has 3 aromatic rings. The van der Waals surface area contributed by atoms with Crippen LogP contribution < -0.4 is 9.47 Å². The summed E-state index contributed by atoms with van der Waals surface area (Å²) in [6.45, 7) is 12.1. The van der Waals surface area contributed by atoms with Crippen molar-refractivity contribution < 1.29 is 29.9 Å². The van der Waals surface area contributed by atoms with Crippen molar-refractivity contribution in [3.63, 3.8) is 0 Å². The zero-order valence-corrected chi connectivity index (χ0v) is 21.7. The standard InChI is InChI=1S/C29H36O6/c1-28(2,3)19-12-17(25(34-7)14-22(19)31)27(16-9-10-21(30)24(33)11-16)18-13-20(29(4,5)6)23(32)15-26(18)35-8/h9-15,27,30-33H,1-8H3. The van der Waals surface area contributed by atoms with Crippen molar-refractivity contribution >= 4 is 0 Å². The highest BCUT2D eigenvalue weighted by atomic mass is 16.5. The fourth-order valence-electron chi connectivity index (χ4n) is 4.42. The summed E-state index contributed by atoms with van der Waals surface area (Å²) in [7, 11) is 3.07. The number of hydrogen-bond donors (Lipinski definition) is 4. The Morgan fingerprint density at radius 2 is 1.00 bits per heavy atom. The van der Waals surface area contributed by atoms with Gasteiger partial charge in [0.15, 0.2) is 11.5 Å². The van der Waals surface area contributed by atoms with Crippen LogP contribution >= 0.6 is 0 Å². The molecular weight excluding hydrogens is 444 g/mol. The molecule has 35 heavy (non-hydrogen) atoms. The monoisotopic (exact) mass is 480 g/mol. The van der Waals surface area contributed by atoms with Crippen LogP contribution in [-0.4, -0.2) is 34.6 Å². The number of aromatic hydroxyl groups is 4. The molecule has 0 spiro atoms. The van der Waals surface area contributed by atoms with Gasteiger partial charge in [-0.3, -0.25) is 0 Å². The first kappa shape index (κ1) is 26.1. The largest absolute Gasteiger partial charge is 0.508 e. The van der Waals surface area contributed by atoms with E-state index in [-0.39, 0.29) is 33.8 Å². The van der Waals surface area contributed by atoms with E-state index in [2.05, 4.69) is 0 Å². The van der Waals surface area contributed by atoms with Crippen LogP contribution in [0.3, 0.4) is 0 Å². The van der Waals surface area contributed by atoms with E-state index in [1.54, 1.807) is 18.2 Å². The van der Waals surface area contributed by atoms with E-state index in [1.807, 2.05) is 53.7 Å². The molecule has 0 aliphatic carbocycles. The average Bonchev–Trinajstić information content (AvgIpc) is 2.75. The summed E-state index contributed by atoms with van der Waals surface area (Å²) < 4.78 is 11.4. The summed E-state index contributed by atoms with van der Waals surface area (Å²) in [4.78, 5) is 0. The zero-order valence-electron chi connectivity index (χ0n) is 21.7. The quantitative estimate of drug-likeness (QED) is 0.253. The molecule has 0 aliphatic rings. The van der Waals surface area contributed by atoms with Gasteiger partial charge in [-0.25, -0.2) is 0 Å². The molecule has 0 unspecified atom stereocenters. The minimum atomic E-state index is -0.519. The van der Waals surface area contributed by atoms with E-state index in [0.717, 1.165) is 22.3 Å². The Kier molecular flexibility index (Phi) is 6.89. The first-order valence-corrected chi connectivity index (χ1v) is 11.5. The van der Waals surface area contributed by atoms with E-state index < -0.39 is 5.92 Å². The summed E-state index contributed by atoms with van der Waals surface area (Å²) in [5, 5.41) is 41.9. The molecule has 0 saturated heterocycles. The normalized spacial score (nSPS) is 12.1. The van der Waals surface area contributed by atoms with Crippen LogP contribution in [0.25, 0.3) is 0 Å². The first-order valence-electron chi connectivity index (χ1n) is 11.5. The van der Waals surface area contributed by atoms with Gasteiger partial charge in [0, 0.05) is 29.2 Å². The number of phenols is 4. The Hall–Kier alpha value is -3.54. The predicted molar refractivity (Wildman–Crippen MR) is 137 cm³/mol. The molecule has 0 bridgehead atoms. The minimum Gasteiger partial charge on any atom is -0.508 e. The lowest BCUT2D eigenvalue weighted by Gasteiger charge is -2.29. The second kappa shape index (κ2) is 9.25. The van der Waals surface area contributed by atoms with Crippen LogP contribution in [0.5, 0.6) is 34.5 Å². The lowest BCUT2D eigenvalue weighted by molar-refractivity contribution is 0.390. The molecule has 6 heteroatoms. The molecule has 3 aromatic carbocycles. The molecule has 188 valence electrons. The van der Waals surface area contributed by atoms with E-state index in [9.17, 15) is 20.4 Å². The molecule has 0 aromatic heterocycles. The summed E-state index contributed by atoms with van der Waals surface area (Å²) in [5.41, 5.74) is 2.90. The van der Waals surface area contributed by atoms with Gasteiger partial charge in [0.25, 0.3) is 0 Å². The minimum absolute atomic E-state index is 0.124. The molecule has 0 saturated carbocycles. The van der Waals surface area contributed by atoms with Crippen LogP contribution in [0, 0.1) is 0 Å². The van der Waals surface area contributed by atoms with Crippen molar-refractivity contribution in [2.75, 3.05) is 14.2 Å². The highest BCUT2D eigenvalue weighted by molar-refractivity contribution is 5.61. The highest BCUT2D eigenvalue weighted by Crippen LogP contribution is 2.48. The Labute approximate surface area is 207 Å². The highest BCUT2D eigenvalue weighted by Gasteiger charge is 2.31. The molecule has 0 aliphatic heterocycles. The van der Waals surface area contributed by atoms with Gasteiger partial charge in [-0.05, 0) is 51.8 Å². The van der Waals surface area contributed by atoms with Gasteiger partial charge in [-0.1, -0.05) is 47.6 Å². The SMILES string of the molecule is COc1cc(O)c(C(C)(C)C)cc1C(c1ccc(O)c(O)c1)c1cc(C(C)(C)C)c(O)cc1OC. The van der Waals surface area contributed by atoms with E-state index in [1.165, 1.54) is 26.4 Å². The number of ether oxygens (including phenoxy) is 2. The fraction of sp³-hybridized carbons (Fsp3) is 0.379. The Morgan fingerprint density at radius 1 is 0.571 bits per heavy atom. The lowest BCUT2D eigenvalue weighted by Crippen LogP contribution is -2.16. The summed E-state index contributed by atoms with van der Waals surface area (Å²) in [6, 6.07) is 11.7. The van der Waals surface area contributed by atoms with Crippen LogP contribution in [0.2, 0.25) is 0 Å².